The fraction of sp³-hybridized carbons (Fsp3) is 0.500. The third-order valence-corrected chi connectivity index (χ3v) is 7.39. The molecule has 1 saturated carbocycles. The number of carbonyl (C=O) groups excluding carboxylic acids is 1. The Hall–Kier alpha value is -3.49. The maximum Gasteiger partial charge on any atom is 0.226 e. The van der Waals surface area contributed by atoms with Gasteiger partial charge in [0.1, 0.15) is 11.5 Å². The molecule has 1 spiro atoms. The Balaban J connectivity index is 1.36. The normalized spacial score (nSPS) is 23.1. The molecule has 0 radical (unpaired) electrons. The Morgan fingerprint density at radius 2 is 1.97 bits per heavy atom. The number of anilines is 2. The van der Waals surface area contributed by atoms with Crippen molar-refractivity contribution in [2.24, 2.45) is 15.4 Å². The van der Waals surface area contributed by atoms with Crippen LogP contribution in [-0.4, -0.2) is 69.4 Å². The number of allylic oxidation sites excluding steroid dienone is 2. The topological polar surface area (TPSA) is 111 Å². The fourth-order valence-corrected chi connectivity index (χ4v) is 5.33. The Morgan fingerprint density at radius 3 is 2.69 bits per heavy atom. The van der Waals surface area contributed by atoms with Gasteiger partial charge in [-0.2, -0.15) is 9.97 Å². The van der Waals surface area contributed by atoms with Crippen LogP contribution < -0.4 is 10.6 Å². The van der Waals surface area contributed by atoms with Crippen LogP contribution in [0.3, 0.4) is 0 Å². The molecule has 35 heavy (non-hydrogen) atoms. The van der Waals surface area contributed by atoms with Crippen molar-refractivity contribution in [3.8, 4) is 0 Å². The van der Waals surface area contributed by atoms with Crippen LogP contribution in [0.25, 0.3) is 11.0 Å². The van der Waals surface area contributed by atoms with Crippen molar-refractivity contribution in [1.29, 1.82) is 0 Å². The molecule has 3 aliphatic rings. The van der Waals surface area contributed by atoms with E-state index < -0.39 is 0 Å². The van der Waals surface area contributed by atoms with E-state index in [4.69, 9.17) is 15.0 Å². The molecule has 2 aliphatic heterocycles. The van der Waals surface area contributed by atoms with Gasteiger partial charge in [0.15, 0.2) is 0 Å². The summed E-state index contributed by atoms with van der Waals surface area (Å²) in [4.78, 5) is 35.8. The molecule has 0 bridgehead atoms. The number of carbonyl (C=O) groups is 1. The van der Waals surface area contributed by atoms with Gasteiger partial charge in [-0.05, 0) is 57.8 Å². The van der Waals surface area contributed by atoms with Crippen molar-refractivity contribution in [3.63, 3.8) is 0 Å². The Bertz CT molecular complexity index is 1240. The van der Waals surface area contributed by atoms with Gasteiger partial charge in [0.2, 0.25) is 11.9 Å². The number of hydrogen-bond donors (Lipinski definition) is 3. The number of nitrogens with one attached hydrogen (secondary N) is 3. The third-order valence-electron chi connectivity index (χ3n) is 7.39. The summed E-state index contributed by atoms with van der Waals surface area (Å²) in [6.07, 6.45) is 14.1. The lowest BCUT2D eigenvalue weighted by Gasteiger charge is -2.53. The second-order valence-corrected chi connectivity index (χ2v) is 10.1. The van der Waals surface area contributed by atoms with Crippen molar-refractivity contribution < 1.29 is 4.79 Å². The molecule has 0 aromatic carbocycles. The van der Waals surface area contributed by atoms with Gasteiger partial charge in [0.25, 0.3) is 0 Å². The molecular formula is C26H34N8O. The zero-order valence-corrected chi connectivity index (χ0v) is 20.9. The van der Waals surface area contributed by atoms with Crippen LogP contribution in [0.15, 0.2) is 40.6 Å². The van der Waals surface area contributed by atoms with Gasteiger partial charge >= 0.3 is 0 Å². The maximum absolute atomic E-state index is 11.6. The molecule has 2 aromatic rings. The number of aromatic nitrogens is 3. The lowest BCUT2D eigenvalue weighted by Crippen LogP contribution is -2.59. The number of rotatable bonds is 4. The Morgan fingerprint density at radius 1 is 1.20 bits per heavy atom. The van der Waals surface area contributed by atoms with Crippen LogP contribution in [0.4, 0.5) is 11.8 Å². The first-order chi connectivity index (χ1) is 16.9. The molecule has 4 heterocycles. The summed E-state index contributed by atoms with van der Waals surface area (Å²) in [5.74, 6) is 1.58. The number of aromatic amines is 1. The van der Waals surface area contributed by atoms with E-state index in [0.29, 0.717) is 17.4 Å². The van der Waals surface area contributed by atoms with Crippen LogP contribution in [0.2, 0.25) is 0 Å². The minimum atomic E-state index is 0.00179. The van der Waals surface area contributed by atoms with Gasteiger partial charge in [0, 0.05) is 62.2 Å². The fourth-order valence-electron chi connectivity index (χ4n) is 5.33. The largest absolute Gasteiger partial charge is 0.372 e. The number of nitrogens with zero attached hydrogens (tertiary/aromatic N) is 5. The third kappa shape index (κ3) is 4.72. The molecule has 1 amide bonds. The monoisotopic (exact) mass is 474 g/mol. The van der Waals surface area contributed by atoms with Crippen LogP contribution in [0.1, 0.15) is 52.0 Å². The lowest BCUT2D eigenvalue weighted by molar-refractivity contribution is -0.143. The number of aliphatic imine (C=N–C) groups is 2. The minimum absolute atomic E-state index is 0.00179. The van der Waals surface area contributed by atoms with Gasteiger partial charge in [0.05, 0.1) is 17.1 Å². The highest BCUT2D eigenvalue weighted by atomic mass is 16.2. The first-order valence-corrected chi connectivity index (χ1v) is 12.4. The molecule has 1 atom stereocenters. The minimum Gasteiger partial charge on any atom is -0.372 e. The number of likely N-dealkylation sites (tertiary alicyclic amines) is 1. The van der Waals surface area contributed by atoms with Crippen LogP contribution in [0.5, 0.6) is 0 Å². The molecule has 5 rings (SSSR count). The highest BCUT2D eigenvalue weighted by Crippen LogP contribution is 2.44. The van der Waals surface area contributed by atoms with E-state index in [1.807, 2.05) is 56.4 Å². The summed E-state index contributed by atoms with van der Waals surface area (Å²) >= 11 is 0. The maximum atomic E-state index is 11.6. The number of hydrogen-bond acceptors (Lipinski definition) is 7. The standard InChI is InChI=1S/C26H34N8O/c1-16-5-6-21(30-17(2)9-12-28-16)20-13-29-24-22(20)23(27-4)32-25(33-24)31-19-7-10-26(11-8-19)14-34(15-26)18(3)35/h5-6,9,12-13,17,19H,7-8,10-11,14-15H2,1-4H3,(H3,27,29,31,32,33)/b6-5?,12-9-,28-16?,30-21?/t17-/m0/s1. The van der Waals surface area contributed by atoms with E-state index in [2.05, 4.69) is 20.6 Å². The predicted octanol–water partition coefficient (Wildman–Crippen LogP) is 3.92. The lowest BCUT2D eigenvalue weighted by atomic mass is 9.67. The highest BCUT2D eigenvalue weighted by molar-refractivity contribution is 6.19. The van der Waals surface area contributed by atoms with E-state index in [1.54, 1.807) is 6.92 Å². The predicted molar refractivity (Wildman–Crippen MR) is 141 cm³/mol. The highest BCUT2D eigenvalue weighted by Gasteiger charge is 2.46. The Labute approximate surface area is 205 Å². The second-order valence-electron chi connectivity index (χ2n) is 10.1. The average molecular weight is 475 g/mol. The molecule has 0 unspecified atom stereocenters. The molecule has 3 N–H and O–H groups in total. The second kappa shape index (κ2) is 9.28. The first-order valence-electron chi connectivity index (χ1n) is 12.4. The van der Waals surface area contributed by atoms with Crippen molar-refractivity contribution >= 4 is 40.1 Å². The number of amides is 1. The van der Waals surface area contributed by atoms with Gasteiger partial charge in [-0.3, -0.25) is 14.8 Å². The smallest absolute Gasteiger partial charge is 0.226 e. The summed E-state index contributed by atoms with van der Waals surface area (Å²) in [6, 6.07) is 0.335. The van der Waals surface area contributed by atoms with Gasteiger partial charge in [-0.15, -0.1) is 0 Å². The van der Waals surface area contributed by atoms with Crippen molar-refractivity contribution in [2.45, 2.75) is 58.5 Å². The SMILES string of the molecule is CNc1nc(NC2CCC3(CC2)CN(C(C)=O)C3)nc2[nH]cc(C3=N[C@@H](C)/C=C\N=C(C)C=C3)c12. The summed E-state index contributed by atoms with van der Waals surface area (Å²) in [6.45, 7) is 7.49. The summed E-state index contributed by atoms with van der Waals surface area (Å²) in [5.41, 5.74) is 3.84. The molecule has 184 valence electrons. The van der Waals surface area contributed by atoms with Gasteiger partial charge in [-0.1, -0.05) is 0 Å². The molecular weight excluding hydrogens is 440 g/mol. The summed E-state index contributed by atoms with van der Waals surface area (Å²) in [5, 5.41) is 7.74. The first kappa shape index (κ1) is 23.3. The molecule has 1 aliphatic carbocycles. The van der Waals surface area contributed by atoms with E-state index in [1.165, 1.54) is 0 Å². The summed E-state index contributed by atoms with van der Waals surface area (Å²) in [7, 11) is 1.88. The van der Waals surface area contributed by atoms with Crippen molar-refractivity contribution in [2.75, 3.05) is 30.8 Å². The van der Waals surface area contributed by atoms with E-state index >= 15 is 0 Å². The number of fused-ring (bicyclic) bond motifs is 1. The molecule has 1 saturated heterocycles. The van der Waals surface area contributed by atoms with Crippen molar-refractivity contribution in [3.05, 3.63) is 36.2 Å². The molecule has 2 aromatic heterocycles. The van der Waals surface area contributed by atoms with Gasteiger partial charge in [-0.25, -0.2) is 0 Å². The molecule has 9 nitrogen and oxygen atoms in total. The van der Waals surface area contributed by atoms with Crippen LogP contribution in [0, 0.1) is 5.41 Å². The molecule has 2 fully saturated rings. The Kier molecular flexibility index (Phi) is 6.17. The van der Waals surface area contributed by atoms with Crippen LogP contribution >= 0.6 is 0 Å². The summed E-state index contributed by atoms with van der Waals surface area (Å²) < 4.78 is 0. The quantitative estimate of drug-likeness (QED) is 0.622. The average Bonchev–Trinajstić information content (AvgIpc) is 3.26. The van der Waals surface area contributed by atoms with Gasteiger partial charge < -0.3 is 20.5 Å². The van der Waals surface area contributed by atoms with E-state index in [9.17, 15) is 4.79 Å². The van der Waals surface area contributed by atoms with E-state index in [0.717, 1.165) is 72.6 Å². The zero-order chi connectivity index (χ0) is 24.6. The van der Waals surface area contributed by atoms with E-state index in [-0.39, 0.29) is 11.9 Å². The molecule has 9 heteroatoms. The van der Waals surface area contributed by atoms with Crippen LogP contribution in [-0.2, 0) is 4.79 Å². The zero-order valence-electron chi connectivity index (χ0n) is 20.9. The van der Waals surface area contributed by atoms with Crippen molar-refractivity contribution in [1.82, 2.24) is 19.9 Å². The number of H-pyrrole nitrogens is 1.